The minimum atomic E-state index is -3.64. The number of carbonyl (C=O) groups is 1. The van der Waals surface area contributed by atoms with Gasteiger partial charge in [-0.15, -0.1) is 0 Å². The Bertz CT molecular complexity index is 1020. The minimum Gasteiger partial charge on any atom is -0.322 e. The molecule has 1 fully saturated rings. The first-order chi connectivity index (χ1) is 12.2. The van der Waals surface area contributed by atoms with E-state index in [2.05, 4.69) is 16.4 Å². The zero-order chi connectivity index (χ0) is 19.1. The maximum Gasteiger partial charge on any atom is 0.323 e. The second-order valence-corrected chi connectivity index (χ2v) is 9.00. The van der Waals surface area contributed by atoms with Gasteiger partial charge in [0.1, 0.15) is 10.7 Å². The first-order valence-corrected chi connectivity index (χ1v) is 10.3. The Morgan fingerprint density at radius 3 is 2.73 bits per heavy atom. The van der Waals surface area contributed by atoms with Crippen LogP contribution in [0.1, 0.15) is 5.69 Å². The van der Waals surface area contributed by atoms with Crippen LogP contribution in [0, 0.1) is 30.0 Å². The van der Waals surface area contributed by atoms with Crippen molar-refractivity contribution in [3.05, 3.63) is 29.7 Å². The standard InChI is InChI=1S/C16H15FN4O3S2/c1-9-14(11-3-4-13(12(17)5-11)26(2,23)24)25-15(19-9)20-16(22)21-7-10(6-18)8-21/h3-5,10H,7-8H2,1-2H3,(H,19,20,22). The molecule has 2 amide bonds. The number of thiazole rings is 1. The van der Waals surface area contributed by atoms with Crippen LogP contribution in [-0.4, -0.2) is 43.7 Å². The first kappa shape index (κ1) is 18.3. The number of hydrogen-bond donors (Lipinski definition) is 1. The number of nitriles is 1. The van der Waals surface area contributed by atoms with Crippen molar-refractivity contribution in [1.29, 1.82) is 5.26 Å². The number of nitrogens with zero attached hydrogens (tertiary/aromatic N) is 3. The number of aryl methyl sites for hydroxylation is 1. The van der Waals surface area contributed by atoms with Crippen LogP contribution in [0.15, 0.2) is 23.1 Å². The molecule has 1 N–H and O–H groups in total. The predicted octanol–water partition coefficient (Wildman–Crippen LogP) is 2.65. The van der Waals surface area contributed by atoms with Gasteiger partial charge < -0.3 is 4.90 Å². The molecule has 26 heavy (non-hydrogen) atoms. The maximum absolute atomic E-state index is 14.1. The highest BCUT2D eigenvalue weighted by Crippen LogP contribution is 2.34. The molecular formula is C16H15FN4O3S2. The fourth-order valence-corrected chi connectivity index (χ4v) is 4.24. The summed E-state index contributed by atoms with van der Waals surface area (Å²) in [6.07, 6.45) is 0.948. The van der Waals surface area contributed by atoms with Gasteiger partial charge in [-0.25, -0.2) is 22.6 Å². The molecule has 1 saturated heterocycles. The summed E-state index contributed by atoms with van der Waals surface area (Å²) in [4.78, 5) is 18.1. The zero-order valence-electron chi connectivity index (χ0n) is 14.0. The number of benzene rings is 1. The Labute approximate surface area is 154 Å². The predicted molar refractivity (Wildman–Crippen MR) is 95.0 cm³/mol. The van der Waals surface area contributed by atoms with Gasteiger partial charge >= 0.3 is 6.03 Å². The molecule has 2 aromatic rings. The van der Waals surface area contributed by atoms with Gasteiger partial charge in [-0.3, -0.25) is 5.32 Å². The number of sulfone groups is 1. The quantitative estimate of drug-likeness (QED) is 0.862. The Morgan fingerprint density at radius 2 is 2.15 bits per heavy atom. The highest BCUT2D eigenvalue weighted by molar-refractivity contribution is 7.90. The van der Waals surface area contributed by atoms with Crippen LogP contribution in [0.2, 0.25) is 0 Å². The van der Waals surface area contributed by atoms with E-state index in [-0.39, 0.29) is 16.8 Å². The number of aromatic nitrogens is 1. The topological polar surface area (TPSA) is 103 Å². The second-order valence-electron chi connectivity index (χ2n) is 6.01. The van der Waals surface area contributed by atoms with Gasteiger partial charge in [0.25, 0.3) is 0 Å². The van der Waals surface area contributed by atoms with Gasteiger partial charge in [-0.2, -0.15) is 5.26 Å². The molecule has 0 saturated carbocycles. The molecule has 7 nitrogen and oxygen atoms in total. The third-order valence-corrected chi connectivity index (χ3v) is 6.21. The molecule has 0 atom stereocenters. The molecule has 3 rings (SSSR count). The Morgan fingerprint density at radius 1 is 1.46 bits per heavy atom. The Hall–Kier alpha value is -2.51. The molecule has 0 bridgehead atoms. The van der Waals surface area contributed by atoms with Crippen molar-refractivity contribution in [1.82, 2.24) is 9.88 Å². The molecule has 136 valence electrons. The molecule has 2 heterocycles. The van der Waals surface area contributed by atoms with E-state index < -0.39 is 15.7 Å². The summed E-state index contributed by atoms with van der Waals surface area (Å²) in [6, 6.07) is 5.64. The molecular weight excluding hydrogens is 379 g/mol. The average molecular weight is 394 g/mol. The van der Waals surface area contributed by atoms with Crippen LogP contribution in [0.4, 0.5) is 14.3 Å². The lowest BCUT2D eigenvalue weighted by Crippen LogP contribution is -2.51. The smallest absolute Gasteiger partial charge is 0.322 e. The van der Waals surface area contributed by atoms with Gasteiger partial charge in [-0.05, 0) is 24.6 Å². The molecule has 10 heteroatoms. The van der Waals surface area contributed by atoms with E-state index in [4.69, 9.17) is 5.26 Å². The normalized spacial score (nSPS) is 14.6. The molecule has 1 aromatic heterocycles. The van der Waals surface area contributed by atoms with Crippen LogP contribution >= 0.6 is 11.3 Å². The van der Waals surface area contributed by atoms with Crippen molar-refractivity contribution < 1.29 is 17.6 Å². The third kappa shape index (κ3) is 3.54. The molecule has 0 aliphatic carbocycles. The Kier molecular flexibility index (Phi) is 4.68. The number of amides is 2. The number of likely N-dealkylation sites (tertiary alicyclic amines) is 1. The van der Waals surface area contributed by atoms with Gasteiger partial charge in [0, 0.05) is 19.3 Å². The molecule has 1 aromatic carbocycles. The molecule has 1 aliphatic rings. The van der Waals surface area contributed by atoms with Crippen molar-refractivity contribution in [2.45, 2.75) is 11.8 Å². The minimum absolute atomic E-state index is 0.134. The molecule has 0 radical (unpaired) electrons. The van der Waals surface area contributed by atoms with Crippen molar-refractivity contribution in [3.63, 3.8) is 0 Å². The summed E-state index contributed by atoms with van der Waals surface area (Å²) in [5, 5.41) is 11.8. The van der Waals surface area contributed by atoms with Gasteiger partial charge in [0.15, 0.2) is 15.0 Å². The van der Waals surface area contributed by atoms with Gasteiger partial charge in [0.2, 0.25) is 0 Å². The first-order valence-electron chi connectivity index (χ1n) is 7.62. The SMILES string of the molecule is Cc1nc(NC(=O)N2CC(C#N)C2)sc1-c1ccc(S(C)(=O)=O)c(F)c1. The summed E-state index contributed by atoms with van der Waals surface area (Å²) < 4.78 is 37.1. The lowest BCUT2D eigenvalue weighted by Gasteiger charge is -2.34. The summed E-state index contributed by atoms with van der Waals surface area (Å²) in [5.41, 5.74) is 1.08. The number of hydrogen-bond acceptors (Lipinski definition) is 6. The summed E-state index contributed by atoms with van der Waals surface area (Å²) >= 11 is 1.17. The van der Waals surface area contributed by atoms with Gasteiger partial charge in [0.05, 0.1) is 22.6 Å². The van der Waals surface area contributed by atoms with Crippen LogP contribution in [0.3, 0.4) is 0 Å². The largest absolute Gasteiger partial charge is 0.323 e. The van der Waals surface area contributed by atoms with Gasteiger partial charge in [-0.1, -0.05) is 17.4 Å². The van der Waals surface area contributed by atoms with E-state index in [1.165, 1.54) is 28.4 Å². The van der Waals surface area contributed by atoms with Crippen LogP contribution < -0.4 is 5.32 Å². The summed E-state index contributed by atoms with van der Waals surface area (Å²) in [7, 11) is -3.64. The van der Waals surface area contributed by atoms with E-state index >= 15 is 0 Å². The zero-order valence-corrected chi connectivity index (χ0v) is 15.6. The van der Waals surface area contributed by atoms with Crippen molar-refractivity contribution in [2.75, 3.05) is 24.7 Å². The van der Waals surface area contributed by atoms with E-state index in [1.807, 2.05) is 0 Å². The summed E-state index contributed by atoms with van der Waals surface area (Å²) in [5.74, 6) is -0.961. The average Bonchev–Trinajstić information content (AvgIpc) is 2.85. The van der Waals surface area contributed by atoms with E-state index in [0.717, 1.165) is 12.3 Å². The fraction of sp³-hybridized carbons (Fsp3) is 0.312. The number of nitrogens with one attached hydrogen (secondary N) is 1. The lowest BCUT2D eigenvalue weighted by atomic mass is 10.0. The molecule has 1 aliphatic heterocycles. The fourth-order valence-electron chi connectivity index (χ4n) is 2.56. The Balaban J connectivity index is 1.80. The maximum atomic E-state index is 14.1. The number of rotatable bonds is 3. The van der Waals surface area contributed by atoms with Crippen LogP contribution in [0.25, 0.3) is 10.4 Å². The van der Waals surface area contributed by atoms with Crippen LogP contribution in [-0.2, 0) is 9.84 Å². The van der Waals surface area contributed by atoms with E-state index in [1.54, 1.807) is 6.92 Å². The van der Waals surface area contributed by atoms with Crippen molar-refractivity contribution in [2.24, 2.45) is 5.92 Å². The van der Waals surface area contributed by atoms with E-state index in [0.29, 0.717) is 34.4 Å². The number of urea groups is 1. The van der Waals surface area contributed by atoms with Crippen LogP contribution in [0.5, 0.6) is 0 Å². The highest BCUT2D eigenvalue weighted by Gasteiger charge is 2.31. The lowest BCUT2D eigenvalue weighted by molar-refractivity contribution is 0.156. The highest BCUT2D eigenvalue weighted by atomic mass is 32.2. The number of halogens is 1. The molecule has 0 unspecified atom stereocenters. The van der Waals surface area contributed by atoms with Crippen molar-refractivity contribution >= 4 is 32.3 Å². The van der Waals surface area contributed by atoms with E-state index in [9.17, 15) is 17.6 Å². The number of anilines is 1. The molecule has 0 spiro atoms. The number of carbonyl (C=O) groups excluding carboxylic acids is 1. The second kappa shape index (κ2) is 6.66. The third-order valence-electron chi connectivity index (χ3n) is 3.96. The van der Waals surface area contributed by atoms with Crippen molar-refractivity contribution in [3.8, 4) is 16.5 Å². The summed E-state index contributed by atoms with van der Waals surface area (Å²) in [6.45, 7) is 2.49. The monoisotopic (exact) mass is 394 g/mol.